The summed E-state index contributed by atoms with van der Waals surface area (Å²) in [5, 5.41) is 1.99. The Kier molecular flexibility index (Phi) is 25.1. The number of benzene rings is 1. The van der Waals surface area contributed by atoms with Crippen molar-refractivity contribution in [1.29, 1.82) is 0 Å². The van der Waals surface area contributed by atoms with E-state index in [4.69, 9.17) is 13.8 Å². The van der Waals surface area contributed by atoms with E-state index >= 15 is 0 Å². The van der Waals surface area contributed by atoms with Gasteiger partial charge in [0.15, 0.2) is 0 Å². The van der Waals surface area contributed by atoms with Crippen LogP contribution in [0.2, 0.25) is 0 Å². The van der Waals surface area contributed by atoms with Crippen LogP contribution in [0.3, 0.4) is 0 Å². The SMILES string of the molecule is CCCCCCCCCCCCCCCCCCOc1ccccc1CC(COP(=O)(O)OCCC[NH2+]C)CC(=O)CC. The van der Waals surface area contributed by atoms with Crippen LogP contribution < -0.4 is 10.1 Å². The Labute approximate surface area is 263 Å². The molecule has 0 fully saturated rings. The lowest BCUT2D eigenvalue weighted by Crippen LogP contribution is -2.79. The molecule has 0 heterocycles. The second-order valence-electron chi connectivity index (χ2n) is 12.1. The van der Waals surface area contributed by atoms with Gasteiger partial charge in [-0.3, -0.25) is 13.8 Å². The standard InChI is InChI=1S/C35H64NO6P/c1-4-6-7-8-9-10-11-12-13-14-15-16-17-18-19-22-27-40-35-25-21-20-24-33(35)29-32(30-34(37)5-2)31-42-43(38,39)41-28-23-26-36-3/h20-21,24-25,32,36H,4-19,22-23,26-31H2,1-3H3,(H,38,39)/p+1. The first-order chi connectivity index (χ1) is 20.9. The summed E-state index contributed by atoms with van der Waals surface area (Å²) in [6.45, 7) is 5.72. The molecule has 1 aromatic rings. The molecule has 2 atom stereocenters. The summed E-state index contributed by atoms with van der Waals surface area (Å²) in [5.74, 6) is 0.685. The summed E-state index contributed by atoms with van der Waals surface area (Å²) in [5.41, 5.74) is 0.990. The summed E-state index contributed by atoms with van der Waals surface area (Å²) in [6, 6.07) is 7.88. The Hall–Kier alpha value is -1.24. The molecule has 0 amide bonds. The monoisotopic (exact) mass is 626 g/mol. The molecule has 3 N–H and O–H groups in total. The molecule has 250 valence electrons. The molecule has 0 aliphatic carbocycles. The van der Waals surface area contributed by atoms with Crippen molar-refractivity contribution < 1.29 is 33.4 Å². The average molecular weight is 627 g/mol. The van der Waals surface area contributed by atoms with Gasteiger partial charge in [0.1, 0.15) is 11.5 Å². The molecule has 8 heteroatoms. The molecule has 7 nitrogen and oxygen atoms in total. The number of unbranched alkanes of at least 4 members (excludes halogenated alkanes) is 15. The Morgan fingerprint density at radius 3 is 1.91 bits per heavy atom. The van der Waals surface area contributed by atoms with E-state index in [-0.39, 0.29) is 31.3 Å². The molecule has 43 heavy (non-hydrogen) atoms. The smallest absolute Gasteiger partial charge is 0.472 e. The van der Waals surface area contributed by atoms with Gasteiger partial charge >= 0.3 is 7.82 Å². The number of ether oxygens (including phenoxy) is 1. The largest absolute Gasteiger partial charge is 0.493 e. The Morgan fingerprint density at radius 1 is 0.791 bits per heavy atom. The molecule has 0 bridgehead atoms. The van der Waals surface area contributed by atoms with Gasteiger partial charge in [0.25, 0.3) is 0 Å². The highest BCUT2D eigenvalue weighted by molar-refractivity contribution is 7.47. The van der Waals surface area contributed by atoms with Crippen LogP contribution in [0.5, 0.6) is 5.75 Å². The van der Waals surface area contributed by atoms with Gasteiger partial charge in [-0.1, -0.05) is 128 Å². The van der Waals surface area contributed by atoms with E-state index in [1.165, 1.54) is 96.3 Å². The summed E-state index contributed by atoms with van der Waals surface area (Å²) >= 11 is 0. The number of quaternary nitrogens is 1. The number of rotatable bonds is 31. The fourth-order valence-electron chi connectivity index (χ4n) is 5.32. The third-order valence-corrected chi connectivity index (χ3v) is 9.00. The molecular formula is C35H65NO6P+. The minimum Gasteiger partial charge on any atom is -0.493 e. The normalized spacial score (nSPS) is 13.6. The Bertz CT molecular complexity index is 851. The number of carbonyl (C=O) groups is 1. The topological polar surface area (TPSA) is 98.7 Å². The fourth-order valence-corrected chi connectivity index (χ4v) is 6.15. The number of Topliss-reactive ketones (excluding diaryl/α,β-unsaturated/α-hetero) is 1. The lowest BCUT2D eigenvalue weighted by Gasteiger charge is -2.20. The van der Waals surface area contributed by atoms with Crippen molar-refractivity contribution in [2.75, 3.05) is 33.4 Å². The highest BCUT2D eigenvalue weighted by Gasteiger charge is 2.25. The van der Waals surface area contributed by atoms with Gasteiger partial charge in [-0.15, -0.1) is 0 Å². The summed E-state index contributed by atoms with van der Waals surface area (Å²) in [7, 11) is -2.22. The maximum atomic E-state index is 12.3. The van der Waals surface area contributed by atoms with Gasteiger partial charge < -0.3 is 14.9 Å². The van der Waals surface area contributed by atoms with Gasteiger partial charge in [0.05, 0.1) is 33.4 Å². The van der Waals surface area contributed by atoms with Crippen molar-refractivity contribution in [3.63, 3.8) is 0 Å². The number of hydrogen-bond acceptors (Lipinski definition) is 5. The van der Waals surface area contributed by atoms with Crippen molar-refractivity contribution >= 4 is 13.6 Å². The van der Waals surface area contributed by atoms with E-state index in [0.29, 0.717) is 25.9 Å². The molecule has 0 aromatic heterocycles. The highest BCUT2D eigenvalue weighted by atomic mass is 31.2. The van der Waals surface area contributed by atoms with Gasteiger partial charge in [-0.2, -0.15) is 0 Å². The average Bonchev–Trinajstić information content (AvgIpc) is 3.00. The molecular weight excluding hydrogens is 561 g/mol. The van der Waals surface area contributed by atoms with Crippen LogP contribution in [-0.4, -0.2) is 44.1 Å². The van der Waals surface area contributed by atoms with Crippen LogP contribution in [0.4, 0.5) is 0 Å². The number of phosphoric ester groups is 1. The predicted octanol–water partition coefficient (Wildman–Crippen LogP) is 8.57. The van der Waals surface area contributed by atoms with Crippen LogP contribution in [-0.2, 0) is 24.8 Å². The number of phosphoric acid groups is 1. The van der Waals surface area contributed by atoms with E-state index in [2.05, 4.69) is 6.92 Å². The van der Waals surface area contributed by atoms with Gasteiger partial charge in [-0.05, 0) is 30.4 Å². The molecule has 2 unspecified atom stereocenters. The zero-order valence-electron chi connectivity index (χ0n) is 27.9. The minimum absolute atomic E-state index is 0.0210. The number of nitrogens with two attached hydrogens (primary N) is 1. The van der Waals surface area contributed by atoms with Crippen LogP contribution in [0, 0.1) is 5.92 Å². The quantitative estimate of drug-likeness (QED) is 0.0633. The number of carbonyl (C=O) groups excluding carboxylic acids is 1. The van der Waals surface area contributed by atoms with Gasteiger partial charge in [0.2, 0.25) is 0 Å². The van der Waals surface area contributed by atoms with E-state index < -0.39 is 7.82 Å². The van der Waals surface area contributed by atoms with Crippen LogP contribution in [0.25, 0.3) is 0 Å². The van der Waals surface area contributed by atoms with Crippen molar-refractivity contribution in [2.24, 2.45) is 5.92 Å². The zero-order chi connectivity index (χ0) is 31.4. The maximum absolute atomic E-state index is 12.3. The van der Waals surface area contributed by atoms with Crippen LogP contribution in [0.1, 0.15) is 141 Å². The Morgan fingerprint density at radius 2 is 1.35 bits per heavy atom. The minimum atomic E-state index is -4.16. The molecule has 1 aromatic carbocycles. The van der Waals surface area contributed by atoms with E-state index in [0.717, 1.165) is 24.3 Å². The first kappa shape index (κ1) is 39.8. The second kappa shape index (κ2) is 27.1. The fraction of sp³-hybridized carbons (Fsp3) is 0.800. The first-order valence-electron chi connectivity index (χ1n) is 17.5. The van der Waals surface area contributed by atoms with E-state index in [1.54, 1.807) is 0 Å². The van der Waals surface area contributed by atoms with Crippen molar-refractivity contribution in [1.82, 2.24) is 0 Å². The predicted molar refractivity (Wildman–Crippen MR) is 178 cm³/mol. The summed E-state index contributed by atoms with van der Waals surface area (Å²) in [6.07, 6.45) is 23.4. The molecule has 0 saturated heterocycles. The molecule has 0 aliphatic rings. The van der Waals surface area contributed by atoms with Crippen molar-refractivity contribution in [3.8, 4) is 5.75 Å². The van der Waals surface area contributed by atoms with E-state index in [1.807, 2.05) is 43.6 Å². The molecule has 0 saturated carbocycles. The van der Waals surface area contributed by atoms with Crippen LogP contribution in [0.15, 0.2) is 24.3 Å². The third-order valence-electron chi connectivity index (χ3n) is 8.01. The van der Waals surface area contributed by atoms with Gasteiger partial charge in [-0.25, -0.2) is 4.57 Å². The second-order valence-corrected chi connectivity index (χ2v) is 13.5. The molecule has 0 aliphatic heterocycles. The van der Waals surface area contributed by atoms with Gasteiger partial charge in [0, 0.05) is 19.3 Å². The Balaban J connectivity index is 2.29. The summed E-state index contributed by atoms with van der Waals surface area (Å²) < 4.78 is 28.9. The lowest BCUT2D eigenvalue weighted by molar-refractivity contribution is -0.627. The molecule has 0 spiro atoms. The van der Waals surface area contributed by atoms with E-state index in [9.17, 15) is 14.3 Å². The lowest BCUT2D eigenvalue weighted by atomic mass is 9.94. The number of para-hydroxylation sites is 1. The molecule has 0 radical (unpaired) electrons. The van der Waals surface area contributed by atoms with Crippen LogP contribution >= 0.6 is 7.82 Å². The number of ketones is 1. The molecule has 1 rings (SSSR count). The summed E-state index contributed by atoms with van der Waals surface area (Å²) in [4.78, 5) is 22.3. The highest BCUT2D eigenvalue weighted by Crippen LogP contribution is 2.44. The number of hydrogen-bond donors (Lipinski definition) is 2. The van der Waals surface area contributed by atoms with Crippen molar-refractivity contribution in [3.05, 3.63) is 29.8 Å². The third kappa shape index (κ3) is 22.9. The zero-order valence-corrected chi connectivity index (χ0v) is 28.8. The first-order valence-corrected chi connectivity index (χ1v) is 19.0. The maximum Gasteiger partial charge on any atom is 0.472 e. The van der Waals surface area contributed by atoms with Crippen molar-refractivity contribution in [2.45, 2.75) is 142 Å².